The first kappa shape index (κ1) is 24.5. The van der Waals surface area contributed by atoms with Crippen molar-refractivity contribution in [3.05, 3.63) is 78.0 Å². The molecule has 182 valence electrons. The Hall–Kier alpha value is -3.59. The fourth-order valence-electron chi connectivity index (χ4n) is 3.70. The number of ether oxygens (including phenoxy) is 1. The van der Waals surface area contributed by atoms with Crippen LogP contribution in [0, 0.1) is 12.7 Å². The summed E-state index contributed by atoms with van der Waals surface area (Å²) in [5.74, 6) is -0.876. The summed E-state index contributed by atoms with van der Waals surface area (Å²) in [6.07, 6.45) is 2.94. The average molecular weight is 496 g/mol. The number of hydrogen-bond acceptors (Lipinski definition) is 6. The SMILES string of the molecule is Cc1ccc(S(=O)(=O)n2ccc3c(-c4ccc(CCC(=O)OC(C)(C)C)c(F)c4)ncnc32)cc1. The molecule has 0 saturated carbocycles. The van der Waals surface area contributed by atoms with E-state index in [-0.39, 0.29) is 23.4 Å². The topological polar surface area (TPSA) is 91.2 Å². The van der Waals surface area contributed by atoms with E-state index in [1.54, 1.807) is 63.2 Å². The second-order valence-electron chi connectivity index (χ2n) is 9.28. The van der Waals surface area contributed by atoms with E-state index in [4.69, 9.17) is 4.74 Å². The van der Waals surface area contributed by atoms with Crippen molar-refractivity contribution in [3.63, 3.8) is 0 Å². The van der Waals surface area contributed by atoms with Crippen LogP contribution in [0.5, 0.6) is 0 Å². The zero-order chi connectivity index (χ0) is 25.4. The normalized spacial score (nSPS) is 12.1. The lowest BCUT2D eigenvalue weighted by Crippen LogP contribution is -2.24. The molecule has 0 atom stereocenters. The zero-order valence-electron chi connectivity index (χ0n) is 19.9. The summed E-state index contributed by atoms with van der Waals surface area (Å²) in [6, 6.07) is 12.8. The van der Waals surface area contributed by atoms with Crippen LogP contribution in [0.1, 0.15) is 38.3 Å². The van der Waals surface area contributed by atoms with Gasteiger partial charge in [-0.05, 0) is 63.9 Å². The molecule has 7 nitrogen and oxygen atoms in total. The van der Waals surface area contributed by atoms with E-state index in [9.17, 15) is 17.6 Å². The zero-order valence-corrected chi connectivity index (χ0v) is 20.8. The van der Waals surface area contributed by atoms with Gasteiger partial charge in [-0.2, -0.15) is 0 Å². The van der Waals surface area contributed by atoms with Gasteiger partial charge in [0.1, 0.15) is 17.7 Å². The summed E-state index contributed by atoms with van der Waals surface area (Å²) in [5, 5.41) is 0.476. The van der Waals surface area contributed by atoms with Gasteiger partial charge in [-0.25, -0.2) is 26.7 Å². The lowest BCUT2D eigenvalue weighted by molar-refractivity contribution is -0.154. The predicted molar refractivity (Wildman–Crippen MR) is 131 cm³/mol. The Morgan fingerprint density at radius 1 is 1.06 bits per heavy atom. The van der Waals surface area contributed by atoms with Crippen molar-refractivity contribution in [3.8, 4) is 11.3 Å². The molecular formula is C26H26FN3O4S. The van der Waals surface area contributed by atoms with Crippen LogP contribution in [-0.2, 0) is 26.0 Å². The molecule has 35 heavy (non-hydrogen) atoms. The van der Waals surface area contributed by atoms with Crippen molar-refractivity contribution >= 4 is 27.0 Å². The molecule has 0 saturated heterocycles. The molecule has 0 aliphatic rings. The third kappa shape index (κ3) is 5.24. The molecule has 4 rings (SSSR count). The van der Waals surface area contributed by atoms with Crippen LogP contribution in [0.3, 0.4) is 0 Å². The molecule has 0 amide bonds. The summed E-state index contributed by atoms with van der Waals surface area (Å²) >= 11 is 0. The number of aryl methyl sites for hydroxylation is 2. The minimum absolute atomic E-state index is 0.0605. The molecule has 2 aromatic carbocycles. The van der Waals surface area contributed by atoms with Gasteiger partial charge in [0.2, 0.25) is 0 Å². The van der Waals surface area contributed by atoms with E-state index in [1.807, 2.05) is 6.92 Å². The number of hydrogen-bond donors (Lipinski definition) is 0. The predicted octanol–water partition coefficient (Wildman–Crippen LogP) is 5.06. The number of carbonyl (C=O) groups is 1. The first-order valence-corrected chi connectivity index (χ1v) is 12.5. The molecule has 2 aromatic heterocycles. The number of aromatic nitrogens is 3. The molecule has 0 N–H and O–H groups in total. The van der Waals surface area contributed by atoms with Crippen molar-refractivity contribution in [1.82, 2.24) is 13.9 Å². The minimum atomic E-state index is -3.87. The molecule has 0 spiro atoms. The van der Waals surface area contributed by atoms with E-state index in [2.05, 4.69) is 9.97 Å². The highest BCUT2D eigenvalue weighted by Crippen LogP contribution is 2.29. The highest BCUT2D eigenvalue weighted by molar-refractivity contribution is 7.90. The highest BCUT2D eigenvalue weighted by Gasteiger charge is 2.22. The smallest absolute Gasteiger partial charge is 0.306 e. The third-order valence-corrected chi connectivity index (χ3v) is 7.05. The van der Waals surface area contributed by atoms with Crippen LogP contribution in [0.25, 0.3) is 22.3 Å². The van der Waals surface area contributed by atoms with E-state index < -0.39 is 27.4 Å². The molecule has 0 unspecified atom stereocenters. The first-order chi connectivity index (χ1) is 16.5. The maximum Gasteiger partial charge on any atom is 0.306 e. The fourth-order valence-corrected chi connectivity index (χ4v) is 5.00. The van der Waals surface area contributed by atoms with Gasteiger partial charge in [0, 0.05) is 23.6 Å². The van der Waals surface area contributed by atoms with Gasteiger partial charge in [0.05, 0.1) is 10.6 Å². The average Bonchev–Trinajstić information content (AvgIpc) is 3.22. The van der Waals surface area contributed by atoms with Crippen molar-refractivity contribution in [1.29, 1.82) is 0 Å². The second-order valence-corrected chi connectivity index (χ2v) is 11.1. The van der Waals surface area contributed by atoms with Crippen molar-refractivity contribution in [2.45, 2.75) is 51.0 Å². The van der Waals surface area contributed by atoms with Gasteiger partial charge < -0.3 is 4.74 Å². The lowest BCUT2D eigenvalue weighted by atomic mass is 10.0. The molecule has 2 heterocycles. The number of rotatable bonds is 6. The Morgan fingerprint density at radius 2 is 1.77 bits per heavy atom. The van der Waals surface area contributed by atoms with E-state index in [0.29, 0.717) is 22.2 Å². The van der Waals surface area contributed by atoms with Crippen molar-refractivity contribution in [2.24, 2.45) is 0 Å². The van der Waals surface area contributed by atoms with Gasteiger partial charge in [0.25, 0.3) is 10.0 Å². The monoisotopic (exact) mass is 495 g/mol. The van der Waals surface area contributed by atoms with Crippen LogP contribution in [0.2, 0.25) is 0 Å². The number of halogens is 1. The standard InChI is InChI=1S/C26H26FN3O4S/c1-17-5-10-20(11-6-17)35(32,33)30-14-13-21-24(28-16-29-25(21)30)19-8-7-18(22(27)15-19)9-12-23(31)34-26(2,3)4/h5-8,10-11,13-16H,9,12H2,1-4H3. The lowest BCUT2D eigenvalue weighted by Gasteiger charge is -2.19. The Morgan fingerprint density at radius 3 is 2.43 bits per heavy atom. The molecule has 0 aliphatic heterocycles. The van der Waals surface area contributed by atoms with Crippen LogP contribution < -0.4 is 0 Å². The van der Waals surface area contributed by atoms with E-state index in [1.165, 1.54) is 18.6 Å². The summed E-state index contributed by atoms with van der Waals surface area (Å²) in [7, 11) is -3.87. The number of nitrogens with zero attached hydrogens (tertiary/aromatic N) is 3. The quantitative estimate of drug-likeness (QED) is 0.348. The number of benzene rings is 2. The number of fused-ring (bicyclic) bond motifs is 1. The summed E-state index contributed by atoms with van der Waals surface area (Å²) in [6.45, 7) is 7.22. The second kappa shape index (κ2) is 9.22. The van der Waals surface area contributed by atoms with Crippen molar-refractivity contribution < 1.29 is 22.3 Å². The van der Waals surface area contributed by atoms with E-state index in [0.717, 1.165) is 9.54 Å². The molecule has 0 bridgehead atoms. The van der Waals surface area contributed by atoms with Gasteiger partial charge >= 0.3 is 5.97 Å². The number of carbonyl (C=O) groups excluding carboxylic acids is 1. The van der Waals surface area contributed by atoms with Gasteiger partial charge in [-0.15, -0.1) is 0 Å². The largest absolute Gasteiger partial charge is 0.460 e. The van der Waals surface area contributed by atoms with Crippen LogP contribution in [0.4, 0.5) is 4.39 Å². The maximum atomic E-state index is 14.9. The Kier molecular flexibility index (Phi) is 6.46. The number of esters is 1. The summed E-state index contributed by atoms with van der Waals surface area (Å²) < 4.78 is 47.6. The van der Waals surface area contributed by atoms with Crippen molar-refractivity contribution in [2.75, 3.05) is 0 Å². The van der Waals surface area contributed by atoms with Crippen LogP contribution in [0.15, 0.2) is 66.0 Å². The van der Waals surface area contributed by atoms with Gasteiger partial charge in [-0.3, -0.25) is 4.79 Å². The first-order valence-electron chi connectivity index (χ1n) is 11.1. The fraction of sp³-hybridized carbons (Fsp3) is 0.269. The van der Waals surface area contributed by atoms with Crippen LogP contribution in [-0.4, -0.2) is 33.9 Å². The molecular weight excluding hydrogens is 469 g/mol. The van der Waals surface area contributed by atoms with E-state index >= 15 is 0 Å². The summed E-state index contributed by atoms with van der Waals surface area (Å²) in [4.78, 5) is 20.6. The summed E-state index contributed by atoms with van der Waals surface area (Å²) in [5.41, 5.74) is 1.81. The maximum absolute atomic E-state index is 14.9. The molecule has 0 radical (unpaired) electrons. The minimum Gasteiger partial charge on any atom is -0.460 e. The third-order valence-electron chi connectivity index (χ3n) is 5.37. The molecule has 9 heteroatoms. The Balaban J connectivity index is 1.64. The molecule has 0 aliphatic carbocycles. The van der Waals surface area contributed by atoms with Gasteiger partial charge in [0.15, 0.2) is 5.65 Å². The van der Waals surface area contributed by atoms with Gasteiger partial charge in [-0.1, -0.05) is 29.8 Å². The molecule has 0 fully saturated rings. The molecule has 4 aromatic rings. The Labute approximate surface area is 203 Å². The Bertz CT molecular complexity index is 1500. The highest BCUT2D eigenvalue weighted by atomic mass is 32.2. The van der Waals surface area contributed by atoms with Crippen LogP contribution >= 0.6 is 0 Å².